The smallest absolute Gasteiger partial charge is 0.0348 e. The van der Waals surface area contributed by atoms with Crippen LogP contribution in [0.4, 0.5) is 0 Å². The maximum absolute atomic E-state index is 5.19. The minimum absolute atomic E-state index is 1.08. The van der Waals surface area contributed by atoms with Crippen LogP contribution < -0.4 is 0 Å². The highest BCUT2D eigenvalue weighted by molar-refractivity contribution is 4.61. The normalized spacial score (nSPS) is 8.93. The molecule has 0 amide bonds. The first-order valence-electron chi connectivity index (χ1n) is 6.40. The Morgan fingerprint density at radius 1 is 0.667 bits per heavy atom. The molecule has 0 aromatic carbocycles. The zero-order valence-corrected chi connectivity index (χ0v) is 10.7. The molecule has 0 heteroatoms. The van der Waals surface area contributed by atoms with E-state index in [9.17, 15) is 0 Å². The van der Waals surface area contributed by atoms with E-state index in [1.54, 1.807) is 12.2 Å². The summed E-state index contributed by atoms with van der Waals surface area (Å²) in [7, 11) is 0. The second kappa shape index (κ2) is 19.1. The van der Waals surface area contributed by atoms with E-state index in [4.69, 9.17) is 13.2 Å². The minimum Gasteiger partial charge on any atom is -0.0845 e. The van der Waals surface area contributed by atoms with Crippen molar-refractivity contribution in [3.05, 3.63) is 25.3 Å². The van der Waals surface area contributed by atoms with Gasteiger partial charge in [-0.2, -0.15) is 0 Å². The van der Waals surface area contributed by atoms with Gasteiger partial charge in [0, 0.05) is 0 Å². The van der Waals surface area contributed by atoms with Crippen molar-refractivity contribution >= 4 is 0 Å². The lowest BCUT2D eigenvalue weighted by Crippen LogP contribution is -1.71. The van der Waals surface area contributed by atoms with Gasteiger partial charge in [0.05, 0.1) is 0 Å². The first-order valence-corrected chi connectivity index (χ1v) is 6.40. The Morgan fingerprint density at radius 3 is 1.47 bits per heavy atom. The fraction of sp³-hybridized carbons (Fsp3) is 0.733. The van der Waals surface area contributed by atoms with E-state index in [-0.39, 0.29) is 0 Å². The van der Waals surface area contributed by atoms with Crippen LogP contribution in [0.1, 0.15) is 71.6 Å². The van der Waals surface area contributed by atoms with E-state index in [1.165, 1.54) is 44.9 Å². The molecule has 0 saturated carbocycles. The molecule has 0 unspecified atom stereocenters. The molecule has 0 atom stereocenters. The van der Waals surface area contributed by atoms with Crippen LogP contribution in [0.25, 0.3) is 0 Å². The van der Waals surface area contributed by atoms with Crippen molar-refractivity contribution in [3.63, 3.8) is 0 Å². The number of hydrogen-bond acceptors (Lipinski definition) is 0. The van der Waals surface area contributed by atoms with E-state index < -0.39 is 0 Å². The van der Waals surface area contributed by atoms with Gasteiger partial charge in [0.15, 0.2) is 0 Å². The molecule has 15 heavy (non-hydrogen) atoms. The van der Waals surface area contributed by atoms with Crippen molar-refractivity contribution in [2.75, 3.05) is 0 Å². The fourth-order valence-electron chi connectivity index (χ4n) is 1.20. The molecule has 0 aliphatic rings. The Balaban J connectivity index is 0. The largest absolute Gasteiger partial charge is 0.0845 e. The monoisotopic (exact) mass is 208 g/mol. The van der Waals surface area contributed by atoms with Gasteiger partial charge in [0.2, 0.25) is 0 Å². The molecule has 0 aliphatic carbocycles. The van der Waals surface area contributed by atoms with E-state index in [2.05, 4.69) is 13.8 Å². The molecular weight excluding hydrogens is 180 g/mol. The fourth-order valence-corrected chi connectivity index (χ4v) is 1.20. The van der Waals surface area contributed by atoms with Gasteiger partial charge >= 0.3 is 0 Å². The average Bonchev–Trinajstić information content (AvgIpc) is 2.26. The molecule has 0 nitrogen and oxygen atoms in total. The van der Waals surface area contributed by atoms with Gasteiger partial charge in [-0.05, 0) is 25.7 Å². The first-order chi connectivity index (χ1) is 7.33. The van der Waals surface area contributed by atoms with Gasteiger partial charge in [-0.15, -0.1) is 0 Å². The summed E-state index contributed by atoms with van der Waals surface area (Å²) in [6.45, 7) is 14.7. The van der Waals surface area contributed by atoms with Crippen LogP contribution in [-0.2, 0) is 0 Å². The number of hydrogen-bond donors (Lipinski definition) is 0. The van der Waals surface area contributed by atoms with Gasteiger partial charge < -0.3 is 0 Å². The van der Waals surface area contributed by atoms with Crippen LogP contribution in [0.3, 0.4) is 0 Å². The van der Waals surface area contributed by atoms with Crippen molar-refractivity contribution in [2.24, 2.45) is 0 Å². The maximum Gasteiger partial charge on any atom is -0.0348 e. The molecule has 88 valence electrons. The Labute approximate surface area is 97.5 Å². The Bertz CT molecular complexity index is 113. The van der Waals surface area contributed by atoms with Crippen LogP contribution in [0.2, 0.25) is 0 Å². The van der Waals surface area contributed by atoms with Crippen LogP contribution in [-0.4, -0.2) is 0 Å². The standard InChI is InChI=1S/C8H15.C7H13/c1-3-5-7-8-6-4-2;1-3-5-7-6-4-2/h1,3H,4-8H2,2H3;1,3H,4-7H2,2H3. The minimum atomic E-state index is 1.08. The molecule has 0 spiro atoms. The average molecular weight is 208 g/mol. The molecule has 2 radical (unpaired) electrons. The lowest BCUT2D eigenvalue weighted by atomic mass is 10.2. The van der Waals surface area contributed by atoms with Crippen LogP contribution in [0, 0.1) is 13.2 Å². The summed E-state index contributed by atoms with van der Waals surface area (Å²) >= 11 is 0. The summed E-state index contributed by atoms with van der Waals surface area (Å²) in [5.41, 5.74) is 0. The van der Waals surface area contributed by atoms with E-state index in [0.29, 0.717) is 0 Å². The second-order valence-corrected chi connectivity index (χ2v) is 3.82. The molecule has 0 rings (SSSR count). The van der Waals surface area contributed by atoms with Crippen molar-refractivity contribution in [2.45, 2.75) is 71.6 Å². The van der Waals surface area contributed by atoms with Crippen molar-refractivity contribution in [1.29, 1.82) is 0 Å². The highest BCUT2D eigenvalue weighted by atomic mass is 13.9. The third kappa shape index (κ3) is 24.7. The van der Waals surface area contributed by atoms with Crippen LogP contribution in [0.5, 0.6) is 0 Å². The summed E-state index contributed by atoms with van der Waals surface area (Å²) in [6.07, 6.45) is 14.8. The maximum atomic E-state index is 5.19. The molecule has 0 bridgehead atoms. The second-order valence-electron chi connectivity index (χ2n) is 3.82. The summed E-state index contributed by atoms with van der Waals surface area (Å²) in [4.78, 5) is 0. The van der Waals surface area contributed by atoms with Crippen molar-refractivity contribution in [3.8, 4) is 0 Å². The Kier molecular flexibility index (Phi) is 21.5. The highest BCUT2D eigenvalue weighted by Crippen LogP contribution is 2.01. The predicted octanol–water partition coefficient (Wildman–Crippen LogP) is 5.50. The highest BCUT2D eigenvalue weighted by Gasteiger charge is 1.81. The van der Waals surface area contributed by atoms with Gasteiger partial charge in [-0.25, -0.2) is 0 Å². The van der Waals surface area contributed by atoms with E-state index >= 15 is 0 Å². The molecule has 0 aromatic heterocycles. The summed E-state index contributed by atoms with van der Waals surface area (Å²) in [5.74, 6) is 0. The number of unbranched alkanes of at least 4 members (excludes halogenated alkanes) is 7. The molecule has 0 aliphatic heterocycles. The molecule has 0 N–H and O–H groups in total. The third-order valence-electron chi connectivity index (χ3n) is 2.20. The molecule has 0 fully saturated rings. The lowest BCUT2D eigenvalue weighted by Gasteiger charge is -1.91. The quantitative estimate of drug-likeness (QED) is 0.439. The van der Waals surface area contributed by atoms with Crippen molar-refractivity contribution in [1.82, 2.24) is 0 Å². The lowest BCUT2D eigenvalue weighted by molar-refractivity contribution is 0.674. The van der Waals surface area contributed by atoms with Gasteiger partial charge in [0.1, 0.15) is 0 Å². The SMILES string of the molecule is [CH]=CCCCCC.[CH]=CCCCCCC. The topological polar surface area (TPSA) is 0 Å². The molecule has 0 saturated heterocycles. The molecule has 0 aromatic rings. The Hall–Kier alpha value is -0.520. The van der Waals surface area contributed by atoms with Crippen LogP contribution >= 0.6 is 0 Å². The number of rotatable bonds is 9. The summed E-state index contributed by atoms with van der Waals surface area (Å²) < 4.78 is 0. The number of allylic oxidation sites excluding steroid dienone is 2. The van der Waals surface area contributed by atoms with E-state index in [0.717, 1.165) is 12.8 Å². The van der Waals surface area contributed by atoms with Crippen molar-refractivity contribution < 1.29 is 0 Å². The van der Waals surface area contributed by atoms with Gasteiger partial charge in [-0.3, -0.25) is 0 Å². The summed E-state index contributed by atoms with van der Waals surface area (Å²) in [5, 5.41) is 0. The molecule has 0 heterocycles. The van der Waals surface area contributed by atoms with Gasteiger partial charge in [0.25, 0.3) is 0 Å². The van der Waals surface area contributed by atoms with E-state index in [1.807, 2.05) is 0 Å². The zero-order valence-electron chi connectivity index (χ0n) is 10.7. The first kappa shape index (κ1) is 16.9. The zero-order chi connectivity index (χ0) is 11.8. The Morgan fingerprint density at radius 2 is 1.07 bits per heavy atom. The summed E-state index contributed by atoms with van der Waals surface area (Å²) in [6, 6.07) is 0. The van der Waals surface area contributed by atoms with Gasteiger partial charge in [-0.1, -0.05) is 71.3 Å². The van der Waals surface area contributed by atoms with Crippen LogP contribution in [0.15, 0.2) is 12.2 Å². The molecular formula is C15H28. The third-order valence-corrected chi connectivity index (χ3v) is 2.20. The predicted molar refractivity (Wildman–Crippen MR) is 70.6 cm³/mol.